The molecule has 0 aromatic carbocycles. The van der Waals surface area contributed by atoms with Crippen LogP contribution in [0.4, 0.5) is 22.0 Å². The molecule has 1 aromatic heterocycles. The van der Waals surface area contributed by atoms with E-state index in [1.165, 1.54) is 12.1 Å². The third kappa shape index (κ3) is 8.14. The number of halogens is 6. The maximum Gasteiger partial charge on any atom is 0.391 e. The monoisotopic (exact) mass is 432 g/mol. The van der Waals surface area contributed by atoms with Crippen LogP contribution in [0.25, 0.3) is 0 Å². The van der Waals surface area contributed by atoms with Crippen LogP contribution in [0.1, 0.15) is 36.0 Å². The van der Waals surface area contributed by atoms with Crippen LogP contribution < -0.4 is 10.1 Å². The molecule has 0 unspecified atom stereocenters. The number of aliphatic hydroxyl groups excluding tert-OH is 1. The lowest BCUT2D eigenvalue weighted by Gasteiger charge is -2.30. The van der Waals surface area contributed by atoms with Crippen molar-refractivity contribution in [3.8, 4) is 5.88 Å². The second kappa shape index (κ2) is 12.0. The molecule has 1 amide bonds. The van der Waals surface area contributed by atoms with Crippen LogP contribution in [0, 0.1) is 5.92 Å². The minimum absolute atomic E-state index is 0.0154. The predicted molar refractivity (Wildman–Crippen MR) is 93.0 cm³/mol. The minimum Gasteiger partial charge on any atom is -0.474 e. The van der Waals surface area contributed by atoms with E-state index >= 15 is 0 Å². The lowest BCUT2D eigenvalue weighted by Crippen LogP contribution is -2.40. The van der Waals surface area contributed by atoms with Crippen molar-refractivity contribution in [2.45, 2.75) is 37.9 Å². The smallest absolute Gasteiger partial charge is 0.391 e. The second-order valence-corrected chi connectivity index (χ2v) is 6.39. The summed E-state index contributed by atoms with van der Waals surface area (Å²) in [5, 5.41) is 10.3. The highest BCUT2D eigenvalue weighted by atomic mass is 35.5. The van der Waals surface area contributed by atoms with Gasteiger partial charge in [0.15, 0.2) is 0 Å². The number of hydrogen-bond acceptors (Lipinski definition) is 4. The van der Waals surface area contributed by atoms with Gasteiger partial charge in [-0.3, -0.25) is 4.79 Å². The van der Waals surface area contributed by atoms with E-state index in [0.29, 0.717) is 0 Å². The Labute approximate surface area is 164 Å². The van der Waals surface area contributed by atoms with Gasteiger partial charge in [0.25, 0.3) is 5.91 Å². The van der Waals surface area contributed by atoms with Crippen molar-refractivity contribution in [2.75, 3.05) is 26.6 Å². The van der Waals surface area contributed by atoms with Gasteiger partial charge in [-0.1, -0.05) is 11.6 Å². The molecular weight excluding hydrogens is 411 g/mol. The zero-order chi connectivity index (χ0) is 21.2. The quantitative estimate of drug-likeness (QED) is 0.528. The third-order valence-corrected chi connectivity index (χ3v) is 4.21. The van der Waals surface area contributed by atoms with E-state index in [1.54, 1.807) is 0 Å². The number of hydrogen-bond donors (Lipinski definition) is 2. The van der Waals surface area contributed by atoms with E-state index in [9.17, 15) is 26.7 Å². The third-order valence-electron chi connectivity index (χ3n) is 4.00. The van der Waals surface area contributed by atoms with Crippen molar-refractivity contribution in [1.82, 2.24) is 10.3 Å². The van der Waals surface area contributed by atoms with Crippen molar-refractivity contribution in [3.05, 3.63) is 22.8 Å². The highest BCUT2D eigenvalue weighted by molar-refractivity contribution is 6.29. The maximum atomic E-state index is 12.6. The van der Waals surface area contributed by atoms with E-state index < -0.39 is 31.4 Å². The molecule has 28 heavy (non-hydrogen) atoms. The zero-order valence-electron chi connectivity index (χ0n) is 14.9. The Morgan fingerprint density at radius 1 is 1.21 bits per heavy atom. The van der Waals surface area contributed by atoms with Crippen molar-refractivity contribution in [3.63, 3.8) is 0 Å². The Bertz CT molecular complexity index is 609. The molecule has 0 saturated heterocycles. The van der Waals surface area contributed by atoms with Crippen LogP contribution >= 0.6 is 11.6 Å². The zero-order valence-corrected chi connectivity index (χ0v) is 15.7. The number of nitrogens with zero attached hydrogens (tertiary/aromatic N) is 1. The fourth-order valence-corrected chi connectivity index (χ4v) is 2.80. The van der Waals surface area contributed by atoms with Crippen molar-refractivity contribution in [1.29, 1.82) is 0 Å². The molecule has 1 saturated carbocycles. The molecule has 0 bridgehead atoms. The summed E-state index contributed by atoms with van der Waals surface area (Å²) >= 11 is 5.73. The van der Waals surface area contributed by atoms with E-state index in [-0.39, 0.29) is 61.5 Å². The van der Waals surface area contributed by atoms with Gasteiger partial charge in [-0.25, -0.2) is 13.8 Å². The Hall–Kier alpha value is -1.68. The predicted octanol–water partition coefficient (Wildman–Crippen LogP) is 3.88. The van der Waals surface area contributed by atoms with Crippen LogP contribution in [0.2, 0.25) is 5.15 Å². The summed E-state index contributed by atoms with van der Waals surface area (Å²) in [4.78, 5) is 16.1. The molecule has 0 atom stereocenters. The summed E-state index contributed by atoms with van der Waals surface area (Å²) in [7, 11) is 0. The van der Waals surface area contributed by atoms with Gasteiger partial charge in [0.1, 0.15) is 30.7 Å². The van der Waals surface area contributed by atoms with Gasteiger partial charge in [-0.15, -0.1) is 0 Å². The summed E-state index contributed by atoms with van der Waals surface area (Å²) in [6.07, 6.45) is -3.73. The summed E-state index contributed by atoms with van der Waals surface area (Å²) in [5.74, 6) is -1.93. The van der Waals surface area contributed by atoms with Crippen molar-refractivity contribution in [2.24, 2.45) is 5.92 Å². The molecule has 0 spiro atoms. The number of nitrogens with one attached hydrogen (secondary N) is 1. The van der Waals surface area contributed by atoms with Gasteiger partial charge in [0.2, 0.25) is 5.88 Å². The Morgan fingerprint density at radius 2 is 1.82 bits per heavy atom. The Balaban J connectivity index is 0.000000892. The molecule has 1 aliphatic carbocycles. The molecule has 0 radical (unpaired) electrons. The van der Waals surface area contributed by atoms with Crippen LogP contribution in [0.15, 0.2) is 12.1 Å². The molecule has 2 rings (SSSR count). The maximum absolute atomic E-state index is 12.6. The van der Waals surface area contributed by atoms with Crippen LogP contribution in [-0.2, 0) is 0 Å². The summed E-state index contributed by atoms with van der Waals surface area (Å²) in [5.41, 5.74) is 0.0748. The van der Waals surface area contributed by atoms with E-state index in [0.717, 1.165) is 0 Å². The molecule has 2 N–H and O–H groups in total. The number of rotatable bonds is 6. The SMILES string of the molecule is O=C(NC1CCC(C(F)(F)F)CC1)c1ccc(Cl)nc1OCCF.OCCF. The molecular formula is C17H22ClF5N2O3. The highest BCUT2D eigenvalue weighted by Crippen LogP contribution is 2.37. The average molecular weight is 433 g/mol. The largest absolute Gasteiger partial charge is 0.474 e. The number of pyridine rings is 1. The van der Waals surface area contributed by atoms with Crippen LogP contribution in [-0.4, -0.2) is 54.8 Å². The summed E-state index contributed by atoms with van der Waals surface area (Å²) < 4.78 is 65.7. The van der Waals surface area contributed by atoms with Gasteiger partial charge >= 0.3 is 6.18 Å². The standard InChI is InChI=1S/C15H17ClF4N2O2.C2H5FO/c16-12-6-5-11(14(22-12)24-8-7-17)13(23)21-10-3-1-9(2-4-10)15(18,19)20;3-1-2-4/h5-6,9-10H,1-4,7-8H2,(H,21,23);4H,1-2H2. The Morgan fingerprint density at radius 3 is 2.32 bits per heavy atom. The lowest BCUT2D eigenvalue weighted by molar-refractivity contribution is -0.182. The van der Waals surface area contributed by atoms with Crippen molar-refractivity contribution < 1.29 is 36.6 Å². The topological polar surface area (TPSA) is 71.5 Å². The Kier molecular flexibility index (Phi) is 10.4. The van der Waals surface area contributed by atoms with Gasteiger partial charge in [-0.2, -0.15) is 13.2 Å². The van der Waals surface area contributed by atoms with Gasteiger partial charge in [-0.05, 0) is 37.8 Å². The number of alkyl halides is 5. The number of carbonyl (C=O) groups excluding carboxylic acids is 1. The fraction of sp³-hybridized carbons (Fsp3) is 0.647. The molecule has 11 heteroatoms. The minimum atomic E-state index is -4.19. The summed E-state index contributed by atoms with van der Waals surface area (Å²) in [6, 6.07) is 2.43. The highest BCUT2D eigenvalue weighted by Gasteiger charge is 2.41. The number of carbonyl (C=O) groups is 1. The average Bonchev–Trinajstić information content (AvgIpc) is 2.66. The molecule has 1 heterocycles. The number of aromatic nitrogens is 1. The molecule has 160 valence electrons. The molecule has 1 fully saturated rings. The normalized spacial score (nSPS) is 19.4. The van der Waals surface area contributed by atoms with Crippen molar-refractivity contribution >= 4 is 17.5 Å². The van der Waals surface area contributed by atoms with Gasteiger partial charge < -0.3 is 15.2 Å². The first-order chi connectivity index (χ1) is 13.2. The van der Waals surface area contributed by atoms with E-state index in [2.05, 4.69) is 10.3 Å². The van der Waals surface area contributed by atoms with E-state index in [4.69, 9.17) is 21.4 Å². The first-order valence-corrected chi connectivity index (χ1v) is 9.00. The molecule has 0 aliphatic heterocycles. The number of ether oxygens (including phenoxy) is 1. The number of amides is 1. The van der Waals surface area contributed by atoms with Gasteiger partial charge in [0.05, 0.1) is 12.5 Å². The molecule has 5 nitrogen and oxygen atoms in total. The summed E-state index contributed by atoms with van der Waals surface area (Å²) in [6.45, 7) is -2.00. The second-order valence-electron chi connectivity index (χ2n) is 6.00. The van der Waals surface area contributed by atoms with Crippen LogP contribution in [0.3, 0.4) is 0 Å². The van der Waals surface area contributed by atoms with E-state index in [1.807, 2.05) is 0 Å². The first kappa shape index (κ1) is 24.4. The molecule has 1 aromatic rings. The van der Waals surface area contributed by atoms with Crippen LogP contribution in [0.5, 0.6) is 5.88 Å². The molecule has 1 aliphatic rings. The first-order valence-electron chi connectivity index (χ1n) is 8.62. The lowest BCUT2D eigenvalue weighted by atomic mass is 9.85. The number of aliphatic hydroxyl groups is 1. The fourth-order valence-electron chi connectivity index (χ4n) is 2.66. The van der Waals surface area contributed by atoms with Gasteiger partial charge in [0, 0.05) is 6.04 Å².